The van der Waals surface area contributed by atoms with Gasteiger partial charge in [0.15, 0.2) is 0 Å². The van der Waals surface area contributed by atoms with Crippen LogP contribution < -0.4 is 10.5 Å². The maximum absolute atomic E-state index is 13.6. The molecule has 1 heterocycles. The zero-order valence-electron chi connectivity index (χ0n) is 12.1. The SMILES string of the molecule is CC(C)(C)c1nc(OC(N)=O)cc2cc(F)cc(CO)c12. The highest BCUT2D eigenvalue weighted by Crippen LogP contribution is 2.34. The van der Waals surface area contributed by atoms with Crippen LogP contribution in [0.5, 0.6) is 5.88 Å². The van der Waals surface area contributed by atoms with Crippen LogP contribution >= 0.6 is 0 Å². The molecule has 0 bridgehead atoms. The molecular formula is C15H17FN2O3. The molecule has 2 rings (SSSR count). The number of aliphatic hydroxyl groups excluding tert-OH is 1. The number of hydrogen-bond acceptors (Lipinski definition) is 4. The van der Waals surface area contributed by atoms with Crippen molar-refractivity contribution in [3.63, 3.8) is 0 Å². The van der Waals surface area contributed by atoms with Crippen molar-refractivity contribution in [2.24, 2.45) is 5.73 Å². The molecule has 0 aliphatic carbocycles. The van der Waals surface area contributed by atoms with E-state index in [1.165, 1.54) is 18.2 Å². The van der Waals surface area contributed by atoms with Crippen molar-refractivity contribution < 1.29 is 19.0 Å². The predicted octanol–water partition coefficient (Wildman–Crippen LogP) is 2.62. The largest absolute Gasteiger partial charge is 0.411 e. The summed E-state index contributed by atoms with van der Waals surface area (Å²) in [5.74, 6) is -0.475. The van der Waals surface area contributed by atoms with Crippen LogP contribution in [0.2, 0.25) is 0 Å². The number of aliphatic hydroxyl groups is 1. The number of hydrogen-bond donors (Lipinski definition) is 2. The second-order valence-electron chi connectivity index (χ2n) is 5.80. The van der Waals surface area contributed by atoms with Crippen LogP contribution in [0.1, 0.15) is 32.0 Å². The van der Waals surface area contributed by atoms with Crippen LogP contribution in [0, 0.1) is 5.82 Å². The van der Waals surface area contributed by atoms with Crippen LogP contribution in [0.15, 0.2) is 18.2 Å². The van der Waals surface area contributed by atoms with E-state index in [1.807, 2.05) is 20.8 Å². The summed E-state index contributed by atoms with van der Waals surface area (Å²) in [6.07, 6.45) is -0.986. The third-order valence-corrected chi connectivity index (χ3v) is 3.04. The van der Waals surface area contributed by atoms with E-state index in [4.69, 9.17) is 10.5 Å². The van der Waals surface area contributed by atoms with Crippen molar-refractivity contribution in [1.82, 2.24) is 4.98 Å². The summed E-state index contributed by atoms with van der Waals surface area (Å²) >= 11 is 0. The van der Waals surface area contributed by atoms with E-state index >= 15 is 0 Å². The minimum atomic E-state index is -0.986. The Bertz CT molecular complexity index is 708. The van der Waals surface area contributed by atoms with Gasteiger partial charge in [-0.15, -0.1) is 0 Å². The number of rotatable bonds is 2. The van der Waals surface area contributed by atoms with Gasteiger partial charge < -0.3 is 15.6 Å². The monoisotopic (exact) mass is 292 g/mol. The Balaban J connectivity index is 2.84. The molecule has 1 aromatic carbocycles. The summed E-state index contributed by atoms with van der Waals surface area (Å²) in [6, 6.07) is 4.00. The van der Waals surface area contributed by atoms with Crippen molar-refractivity contribution in [2.45, 2.75) is 32.8 Å². The van der Waals surface area contributed by atoms with E-state index in [0.29, 0.717) is 22.0 Å². The molecule has 0 aliphatic rings. The van der Waals surface area contributed by atoms with E-state index in [1.54, 1.807) is 0 Å². The van der Waals surface area contributed by atoms with Crippen LogP contribution in [0.3, 0.4) is 0 Å². The average Bonchev–Trinajstić information content (AvgIpc) is 2.34. The summed E-state index contributed by atoms with van der Waals surface area (Å²) in [7, 11) is 0. The lowest BCUT2D eigenvalue weighted by atomic mass is 9.86. The normalized spacial score (nSPS) is 11.7. The molecule has 0 saturated heterocycles. The molecular weight excluding hydrogens is 275 g/mol. The van der Waals surface area contributed by atoms with Gasteiger partial charge in [-0.3, -0.25) is 0 Å². The van der Waals surface area contributed by atoms with Gasteiger partial charge in [-0.05, 0) is 23.1 Å². The molecule has 3 N–H and O–H groups in total. The van der Waals surface area contributed by atoms with Gasteiger partial charge in [-0.25, -0.2) is 14.2 Å². The number of nitrogens with two attached hydrogens (primary N) is 1. The quantitative estimate of drug-likeness (QED) is 0.891. The number of nitrogens with zero attached hydrogens (tertiary/aromatic N) is 1. The fourth-order valence-corrected chi connectivity index (χ4v) is 2.24. The van der Waals surface area contributed by atoms with Gasteiger partial charge in [0.2, 0.25) is 5.88 Å². The number of carbonyl (C=O) groups excluding carboxylic acids is 1. The standard InChI is InChI=1S/C15H17FN2O3/c1-15(2,3)13-12-8(4-10(16)5-9(12)7-19)6-11(18-13)21-14(17)20/h4-6,19H,7H2,1-3H3,(H2,17,20). The second kappa shape index (κ2) is 5.29. The first-order valence-corrected chi connectivity index (χ1v) is 6.44. The fourth-order valence-electron chi connectivity index (χ4n) is 2.24. The van der Waals surface area contributed by atoms with E-state index in [9.17, 15) is 14.3 Å². The highest BCUT2D eigenvalue weighted by Gasteiger charge is 2.23. The summed E-state index contributed by atoms with van der Waals surface area (Å²) in [5.41, 5.74) is 5.64. The number of aromatic nitrogens is 1. The Morgan fingerprint density at radius 2 is 2.05 bits per heavy atom. The van der Waals surface area contributed by atoms with Gasteiger partial charge >= 0.3 is 6.09 Å². The highest BCUT2D eigenvalue weighted by molar-refractivity contribution is 5.89. The van der Waals surface area contributed by atoms with Crippen molar-refractivity contribution in [2.75, 3.05) is 0 Å². The lowest BCUT2D eigenvalue weighted by Crippen LogP contribution is -2.20. The molecule has 1 aromatic heterocycles. The second-order valence-corrected chi connectivity index (χ2v) is 5.80. The maximum atomic E-state index is 13.6. The van der Waals surface area contributed by atoms with Crippen LogP contribution in [0.4, 0.5) is 9.18 Å². The molecule has 0 saturated carbocycles. The molecule has 0 spiro atoms. The molecule has 0 atom stereocenters. The van der Waals surface area contributed by atoms with Crippen molar-refractivity contribution >= 4 is 16.9 Å². The smallest absolute Gasteiger partial charge is 0.392 e. The fraction of sp³-hybridized carbons (Fsp3) is 0.333. The van der Waals surface area contributed by atoms with Gasteiger partial charge in [0, 0.05) is 16.9 Å². The first-order chi connectivity index (χ1) is 9.72. The van der Waals surface area contributed by atoms with E-state index in [-0.39, 0.29) is 12.5 Å². The number of halogens is 1. The Morgan fingerprint density at radius 1 is 1.38 bits per heavy atom. The molecule has 112 valence electrons. The Labute approximate surface area is 121 Å². The topological polar surface area (TPSA) is 85.4 Å². The third kappa shape index (κ3) is 3.11. The summed E-state index contributed by atoms with van der Waals surface area (Å²) in [6.45, 7) is 5.46. The minimum Gasteiger partial charge on any atom is -0.392 e. The van der Waals surface area contributed by atoms with E-state index in [0.717, 1.165) is 0 Å². The zero-order valence-corrected chi connectivity index (χ0v) is 12.1. The predicted molar refractivity (Wildman–Crippen MR) is 76.5 cm³/mol. The van der Waals surface area contributed by atoms with Gasteiger partial charge in [0.25, 0.3) is 0 Å². The third-order valence-electron chi connectivity index (χ3n) is 3.04. The summed E-state index contributed by atoms with van der Waals surface area (Å²) < 4.78 is 18.5. The first kappa shape index (κ1) is 15.2. The number of benzene rings is 1. The molecule has 21 heavy (non-hydrogen) atoms. The number of ether oxygens (including phenoxy) is 1. The number of primary amides is 1. The average molecular weight is 292 g/mol. The lowest BCUT2D eigenvalue weighted by Gasteiger charge is -2.22. The molecule has 2 aromatic rings. The van der Waals surface area contributed by atoms with Gasteiger partial charge in [0.1, 0.15) is 5.82 Å². The van der Waals surface area contributed by atoms with Crippen molar-refractivity contribution in [3.05, 3.63) is 35.3 Å². The lowest BCUT2D eigenvalue weighted by molar-refractivity contribution is 0.209. The zero-order chi connectivity index (χ0) is 15.8. The molecule has 0 aliphatic heterocycles. The van der Waals surface area contributed by atoms with Crippen LogP contribution in [0.25, 0.3) is 10.8 Å². The number of amides is 1. The van der Waals surface area contributed by atoms with Gasteiger partial charge in [0.05, 0.1) is 12.3 Å². The summed E-state index contributed by atoms with van der Waals surface area (Å²) in [5, 5.41) is 10.6. The number of carbonyl (C=O) groups is 1. The molecule has 0 fully saturated rings. The van der Waals surface area contributed by atoms with E-state index in [2.05, 4.69) is 4.98 Å². The van der Waals surface area contributed by atoms with E-state index < -0.39 is 17.3 Å². The molecule has 6 heteroatoms. The number of fused-ring (bicyclic) bond motifs is 1. The van der Waals surface area contributed by atoms with Gasteiger partial charge in [-0.2, -0.15) is 0 Å². The van der Waals surface area contributed by atoms with Gasteiger partial charge in [-0.1, -0.05) is 20.8 Å². The molecule has 1 amide bonds. The Morgan fingerprint density at radius 3 is 2.57 bits per heavy atom. The van der Waals surface area contributed by atoms with Crippen molar-refractivity contribution in [3.8, 4) is 5.88 Å². The van der Waals surface area contributed by atoms with Crippen LogP contribution in [-0.4, -0.2) is 16.2 Å². The maximum Gasteiger partial charge on any atom is 0.411 e. The first-order valence-electron chi connectivity index (χ1n) is 6.44. The van der Waals surface area contributed by atoms with Crippen LogP contribution in [-0.2, 0) is 12.0 Å². The molecule has 0 radical (unpaired) electrons. The Kier molecular flexibility index (Phi) is 3.82. The summed E-state index contributed by atoms with van der Waals surface area (Å²) in [4.78, 5) is 15.2. The molecule has 0 unspecified atom stereocenters. The molecule has 5 nitrogen and oxygen atoms in total. The highest BCUT2D eigenvalue weighted by atomic mass is 19.1. The minimum absolute atomic E-state index is 0.00872. The number of pyridine rings is 1. The Hall–Kier alpha value is -2.21. The van der Waals surface area contributed by atoms with Crippen molar-refractivity contribution in [1.29, 1.82) is 0 Å².